The second-order valence-electron chi connectivity index (χ2n) is 8.70. The second kappa shape index (κ2) is 9.01. The van der Waals surface area contributed by atoms with Crippen molar-refractivity contribution < 1.29 is 21.9 Å². The van der Waals surface area contributed by atoms with Gasteiger partial charge in [-0.15, -0.1) is 0 Å². The lowest BCUT2D eigenvalue weighted by molar-refractivity contribution is 0.0334. The Hall–Kier alpha value is -2.14. The van der Waals surface area contributed by atoms with Crippen LogP contribution in [-0.2, 0) is 20.0 Å². The zero-order valence-corrected chi connectivity index (χ0v) is 20.4. The van der Waals surface area contributed by atoms with E-state index in [0.29, 0.717) is 18.8 Å². The van der Waals surface area contributed by atoms with Crippen molar-refractivity contribution in [3.63, 3.8) is 0 Å². The average molecular weight is 482 g/mol. The molecule has 1 aliphatic rings. The minimum absolute atomic E-state index is 0.0228. The molecule has 0 spiro atoms. The molecule has 176 valence electrons. The predicted octanol–water partition coefficient (Wildman–Crippen LogP) is 2.73. The topological polar surface area (TPSA) is 107 Å². The van der Waals surface area contributed by atoms with Gasteiger partial charge in [0.15, 0.2) is 0 Å². The Morgan fingerprint density at radius 3 is 2.03 bits per heavy atom. The molecule has 0 bridgehead atoms. The smallest absolute Gasteiger partial charge is 0.261 e. The molecule has 2 aromatic rings. The van der Waals surface area contributed by atoms with E-state index in [1.807, 2.05) is 19.1 Å². The number of benzene rings is 2. The normalized spacial score (nSPS) is 17.9. The number of anilines is 2. The first-order valence-corrected chi connectivity index (χ1v) is 13.4. The number of rotatable bonds is 7. The Balaban J connectivity index is 1.82. The highest BCUT2D eigenvalue weighted by molar-refractivity contribution is 7.92. The molecule has 0 saturated carbocycles. The van der Waals surface area contributed by atoms with Crippen molar-refractivity contribution in [2.45, 2.75) is 42.6 Å². The van der Waals surface area contributed by atoms with Crippen LogP contribution in [0.2, 0.25) is 0 Å². The van der Waals surface area contributed by atoms with Crippen molar-refractivity contribution in [1.29, 1.82) is 0 Å². The summed E-state index contributed by atoms with van der Waals surface area (Å²) >= 11 is 0. The summed E-state index contributed by atoms with van der Waals surface area (Å²) in [6.45, 7) is 5.30. The quantitative estimate of drug-likeness (QED) is 0.630. The fourth-order valence-corrected chi connectivity index (χ4v) is 5.69. The SMILES string of the molecule is CC(O)C1(C)CCN(c2ccccc2NS(=O)(=O)c2ccc(S(=O)(=O)N(C)C)cc2)CC1. The van der Waals surface area contributed by atoms with E-state index in [0.717, 1.165) is 22.8 Å². The van der Waals surface area contributed by atoms with Crippen LogP contribution in [-0.4, -0.2) is 59.5 Å². The van der Waals surface area contributed by atoms with E-state index in [1.165, 1.54) is 38.4 Å². The second-order valence-corrected chi connectivity index (χ2v) is 12.5. The predicted molar refractivity (Wildman–Crippen MR) is 126 cm³/mol. The van der Waals surface area contributed by atoms with E-state index in [9.17, 15) is 21.9 Å². The summed E-state index contributed by atoms with van der Waals surface area (Å²) in [4.78, 5) is 2.12. The molecule has 1 aliphatic heterocycles. The van der Waals surface area contributed by atoms with Gasteiger partial charge in [0, 0.05) is 27.2 Å². The van der Waals surface area contributed by atoms with Crippen molar-refractivity contribution in [2.24, 2.45) is 5.41 Å². The molecule has 2 N–H and O–H groups in total. The van der Waals surface area contributed by atoms with Gasteiger partial charge in [-0.1, -0.05) is 19.1 Å². The Labute approximate surface area is 191 Å². The average Bonchev–Trinajstić information content (AvgIpc) is 2.74. The zero-order chi connectivity index (χ0) is 23.7. The Morgan fingerprint density at radius 2 is 1.50 bits per heavy atom. The molecule has 8 nitrogen and oxygen atoms in total. The van der Waals surface area contributed by atoms with Gasteiger partial charge >= 0.3 is 0 Å². The van der Waals surface area contributed by atoms with Crippen molar-refractivity contribution in [3.05, 3.63) is 48.5 Å². The number of aliphatic hydroxyl groups is 1. The highest BCUT2D eigenvalue weighted by atomic mass is 32.2. The number of aliphatic hydroxyl groups excluding tert-OH is 1. The number of para-hydroxylation sites is 2. The maximum atomic E-state index is 13.0. The summed E-state index contributed by atoms with van der Waals surface area (Å²) < 4.78 is 54.2. The van der Waals surface area contributed by atoms with Gasteiger partial charge in [0.05, 0.1) is 27.3 Å². The summed E-state index contributed by atoms with van der Waals surface area (Å²) in [5.41, 5.74) is 1.08. The molecule has 32 heavy (non-hydrogen) atoms. The lowest BCUT2D eigenvalue weighted by atomic mass is 9.76. The molecular weight excluding hydrogens is 450 g/mol. The fourth-order valence-electron chi connectivity index (χ4n) is 3.72. The molecule has 1 unspecified atom stereocenters. The van der Waals surface area contributed by atoms with Crippen molar-refractivity contribution in [1.82, 2.24) is 4.31 Å². The largest absolute Gasteiger partial charge is 0.393 e. The number of nitrogens with one attached hydrogen (secondary N) is 1. The summed E-state index contributed by atoms with van der Waals surface area (Å²) in [5.74, 6) is 0. The first-order valence-electron chi connectivity index (χ1n) is 10.4. The van der Waals surface area contributed by atoms with Crippen LogP contribution in [0.25, 0.3) is 0 Å². The molecule has 0 aliphatic carbocycles. The van der Waals surface area contributed by atoms with Crippen molar-refractivity contribution in [3.8, 4) is 0 Å². The number of piperidine rings is 1. The Morgan fingerprint density at radius 1 is 0.969 bits per heavy atom. The lowest BCUT2D eigenvalue weighted by Gasteiger charge is -2.42. The van der Waals surface area contributed by atoms with Crippen molar-refractivity contribution >= 4 is 31.4 Å². The molecular formula is C22H31N3O5S2. The Kier molecular flexibility index (Phi) is 6.90. The minimum atomic E-state index is -3.92. The summed E-state index contributed by atoms with van der Waals surface area (Å²) in [5, 5.41) is 10.1. The van der Waals surface area contributed by atoms with E-state index in [4.69, 9.17) is 0 Å². The van der Waals surface area contributed by atoms with Gasteiger partial charge in [0.1, 0.15) is 0 Å². The van der Waals surface area contributed by atoms with Gasteiger partial charge in [0.25, 0.3) is 10.0 Å². The van der Waals surface area contributed by atoms with E-state index in [-0.39, 0.29) is 15.2 Å². The molecule has 0 aromatic heterocycles. The summed E-state index contributed by atoms with van der Waals surface area (Å²) in [6.07, 6.45) is 1.19. The van der Waals surface area contributed by atoms with Crippen LogP contribution in [0.15, 0.2) is 58.3 Å². The number of nitrogens with zero attached hydrogens (tertiary/aromatic N) is 2. The van der Waals surface area contributed by atoms with Crippen LogP contribution < -0.4 is 9.62 Å². The van der Waals surface area contributed by atoms with Gasteiger partial charge in [-0.3, -0.25) is 4.72 Å². The van der Waals surface area contributed by atoms with Crippen LogP contribution in [0.1, 0.15) is 26.7 Å². The lowest BCUT2D eigenvalue weighted by Crippen LogP contribution is -2.43. The summed E-state index contributed by atoms with van der Waals surface area (Å²) in [6, 6.07) is 12.4. The molecule has 0 radical (unpaired) electrons. The van der Waals surface area contributed by atoms with Crippen LogP contribution in [0.3, 0.4) is 0 Å². The molecule has 1 saturated heterocycles. The maximum Gasteiger partial charge on any atom is 0.261 e. The van der Waals surface area contributed by atoms with Crippen LogP contribution >= 0.6 is 0 Å². The standard InChI is InChI=1S/C22H31N3O5S2/c1-17(26)22(2)13-15-25(16-14-22)21-8-6-5-7-20(21)23-31(27,28)18-9-11-19(12-10-18)32(29,30)24(3)4/h5-12,17,23,26H,13-16H2,1-4H3. The fraction of sp³-hybridized carbons (Fsp3) is 0.455. The third-order valence-corrected chi connectivity index (χ3v) is 9.53. The highest BCUT2D eigenvalue weighted by Gasteiger charge is 2.35. The monoisotopic (exact) mass is 481 g/mol. The molecule has 1 heterocycles. The number of hydrogen-bond donors (Lipinski definition) is 2. The first kappa shape index (κ1) is 24.5. The van der Waals surface area contributed by atoms with Gasteiger partial charge in [-0.05, 0) is 61.6 Å². The number of hydrogen-bond acceptors (Lipinski definition) is 6. The maximum absolute atomic E-state index is 13.0. The van der Waals surface area contributed by atoms with Crippen LogP contribution in [0, 0.1) is 5.41 Å². The van der Waals surface area contributed by atoms with Crippen LogP contribution in [0.5, 0.6) is 0 Å². The minimum Gasteiger partial charge on any atom is -0.393 e. The zero-order valence-electron chi connectivity index (χ0n) is 18.8. The molecule has 2 aromatic carbocycles. The van der Waals surface area contributed by atoms with Gasteiger partial charge in [-0.2, -0.15) is 0 Å². The van der Waals surface area contributed by atoms with Gasteiger partial charge < -0.3 is 10.0 Å². The van der Waals surface area contributed by atoms with E-state index in [2.05, 4.69) is 16.5 Å². The first-order chi connectivity index (χ1) is 14.9. The van der Waals surface area contributed by atoms with Gasteiger partial charge in [-0.25, -0.2) is 21.1 Å². The van der Waals surface area contributed by atoms with Crippen LogP contribution in [0.4, 0.5) is 11.4 Å². The summed E-state index contributed by atoms with van der Waals surface area (Å²) in [7, 11) is -4.72. The van der Waals surface area contributed by atoms with E-state index >= 15 is 0 Å². The highest BCUT2D eigenvalue weighted by Crippen LogP contribution is 2.38. The van der Waals surface area contributed by atoms with Crippen molar-refractivity contribution in [2.75, 3.05) is 36.8 Å². The van der Waals surface area contributed by atoms with E-state index < -0.39 is 26.2 Å². The molecule has 1 atom stereocenters. The molecule has 3 rings (SSSR count). The number of sulfonamides is 2. The molecule has 0 amide bonds. The third-order valence-electron chi connectivity index (χ3n) is 6.32. The van der Waals surface area contributed by atoms with Gasteiger partial charge in [0.2, 0.25) is 10.0 Å². The third kappa shape index (κ3) is 4.93. The Bertz CT molecular complexity index is 1150. The molecule has 10 heteroatoms. The van der Waals surface area contributed by atoms with E-state index in [1.54, 1.807) is 12.1 Å². The molecule has 1 fully saturated rings.